The maximum Gasteiger partial charge on any atom is 0.332 e. The largest absolute Gasteiger partial charge is 0.369 e. The van der Waals surface area contributed by atoms with E-state index in [2.05, 4.69) is 15.3 Å². The molecule has 0 heterocycles. The second-order valence-corrected chi connectivity index (χ2v) is 2.00. The van der Waals surface area contributed by atoms with Crippen molar-refractivity contribution in [3.63, 3.8) is 0 Å². The van der Waals surface area contributed by atoms with Gasteiger partial charge in [-0.05, 0) is 6.92 Å². The van der Waals surface area contributed by atoms with Gasteiger partial charge >= 0.3 is 6.03 Å². The summed E-state index contributed by atoms with van der Waals surface area (Å²) < 4.78 is 0. The summed E-state index contributed by atoms with van der Waals surface area (Å²) in [5, 5.41) is 10.3. The first kappa shape index (κ1) is 14.7. The SMILES string of the molecule is CC(/C=N\N=C(N)N)=N/NC(N)=O.Cl. The number of nitrogens with two attached hydrogens (primary N) is 3. The van der Waals surface area contributed by atoms with E-state index in [9.17, 15) is 4.79 Å². The Hall–Kier alpha value is -1.83. The van der Waals surface area contributed by atoms with E-state index in [0.29, 0.717) is 5.71 Å². The van der Waals surface area contributed by atoms with E-state index in [1.54, 1.807) is 6.92 Å². The number of nitrogens with zero attached hydrogens (tertiary/aromatic N) is 3. The van der Waals surface area contributed by atoms with E-state index in [4.69, 9.17) is 17.2 Å². The molecule has 0 saturated carbocycles. The van der Waals surface area contributed by atoms with Gasteiger partial charge in [0.2, 0.25) is 5.96 Å². The van der Waals surface area contributed by atoms with Gasteiger partial charge in [0.25, 0.3) is 0 Å². The maximum absolute atomic E-state index is 10.2. The summed E-state index contributed by atoms with van der Waals surface area (Å²) in [5.74, 6) is -0.160. The molecule has 0 aliphatic heterocycles. The molecule has 8 nitrogen and oxygen atoms in total. The molecule has 0 saturated heterocycles. The molecule has 0 rings (SSSR count). The van der Waals surface area contributed by atoms with Gasteiger partial charge < -0.3 is 17.2 Å². The lowest BCUT2D eigenvalue weighted by Crippen LogP contribution is -2.25. The Morgan fingerprint density at radius 3 is 2.36 bits per heavy atom. The number of nitrogens with one attached hydrogen (secondary N) is 1. The first-order valence-corrected chi connectivity index (χ1v) is 3.24. The quantitative estimate of drug-likeness (QED) is 0.267. The molecule has 0 unspecified atom stereocenters. The van der Waals surface area contributed by atoms with Crippen molar-refractivity contribution < 1.29 is 4.79 Å². The van der Waals surface area contributed by atoms with Crippen molar-refractivity contribution in [3.05, 3.63) is 0 Å². The molecule has 0 spiro atoms. The number of hydrogen-bond donors (Lipinski definition) is 4. The normalized spacial score (nSPS) is 10.5. The van der Waals surface area contributed by atoms with E-state index >= 15 is 0 Å². The predicted molar refractivity (Wildman–Crippen MR) is 57.4 cm³/mol. The summed E-state index contributed by atoms with van der Waals surface area (Å²) in [5.41, 5.74) is 17.1. The third-order valence-electron chi connectivity index (χ3n) is 0.760. The van der Waals surface area contributed by atoms with Crippen LogP contribution in [-0.4, -0.2) is 23.9 Å². The van der Waals surface area contributed by atoms with Gasteiger partial charge in [0.1, 0.15) is 0 Å². The van der Waals surface area contributed by atoms with E-state index in [0.717, 1.165) is 0 Å². The van der Waals surface area contributed by atoms with Crippen LogP contribution in [0.2, 0.25) is 0 Å². The highest BCUT2D eigenvalue weighted by atomic mass is 35.5. The summed E-state index contributed by atoms with van der Waals surface area (Å²) in [6, 6.07) is -0.755. The van der Waals surface area contributed by atoms with Gasteiger partial charge in [0.05, 0.1) is 11.9 Å². The molecule has 0 aliphatic rings. The van der Waals surface area contributed by atoms with Crippen LogP contribution >= 0.6 is 12.4 Å². The molecule has 14 heavy (non-hydrogen) atoms. The molecule has 2 amide bonds. The molecule has 9 heteroatoms. The minimum Gasteiger partial charge on any atom is -0.369 e. The third-order valence-corrected chi connectivity index (χ3v) is 0.760. The van der Waals surface area contributed by atoms with Gasteiger partial charge in [-0.3, -0.25) is 0 Å². The Morgan fingerprint density at radius 2 is 1.93 bits per heavy atom. The van der Waals surface area contributed by atoms with Gasteiger partial charge in [-0.15, -0.1) is 17.5 Å². The number of carbonyl (C=O) groups excluding carboxylic acids is 1. The smallest absolute Gasteiger partial charge is 0.332 e. The molecule has 7 N–H and O–H groups in total. The van der Waals surface area contributed by atoms with Crippen molar-refractivity contribution in [2.45, 2.75) is 6.92 Å². The molecule has 80 valence electrons. The molecule has 0 atom stereocenters. The van der Waals surface area contributed by atoms with Gasteiger partial charge in [-0.2, -0.15) is 10.2 Å². The molecule has 0 aliphatic carbocycles. The fraction of sp³-hybridized carbons (Fsp3) is 0.200. The zero-order valence-corrected chi connectivity index (χ0v) is 8.28. The van der Waals surface area contributed by atoms with Crippen molar-refractivity contribution in [2.24, 2.45) is 32.5 Å². The van der Waals surface area contributed by atoms with Crippen LogP contribution in [0.1, 0.15) is 6.92 Å². The molecule has 0 aromatic carbocycles. The summed E-state index contributed by atoms with van der Waals surface area (Å²) in [7, 11) is 0. The second kappa shape index (κ2) is 7.80. The Morgan fingerprint density at radius 1 is 1.36 bits per heavy atom. The monoisotopic (exact) mass is 221 g/mol. The van der Waals surface area contributed by atoms with Gasteiger partial charge in [-0.1, -0.05) is 0 Å². The summed E-state index contributed by atoms with van der Waals surface area (Å²) >= 11 is 0. The molecule has 0 radical (unpaired) electrons. The van der Waals surface area contributed by atoms with Crippen LogP contribution in [0.4, 0.5) is 4.79 Å². The predicted octanol–water partition coefficient (Wildman–Crippen LogP) is -1.29. The standard InChI is InChI=1S/C5H11N7O.ClH/c1-3(10-12-5(8)13)2-9-11-4(6)7;/h2H,1H3,(H4,6,7,11)(H3,8,12,13);1H/b9-2-,10-3-;. The van der Waals surface area contributed by atoms with Crippen LogP contribution in [0.5, 0.6) is 0 Å². The van der Waals surface area contributed by atoms with Gasteiger partial charge in [-0.25, -0.2) is 10.2 Å². The molecule has 0 aromatic rings. The van der Waals surface area contributed by atoms with E-state index in [1.165, 1.54) is 6.21 Å². The lowest BCUT2D eigenvalue weighted by molar-refractivity contribution is 0.249. The van der Waals surface area contributed by atoms with Crippen molar-refractivity contribution in [3.8, 4) is 0 Å². The highest BCUT2D eigenvalue weighted by Gasteiger charge is 1.87. The number of rotatable bonds is 3. The second-order valence-electron chi connectivity index (χ2n) is 2.00. The van der Waals surface area contributed by atoms with Gasteiger partial charge in [0, 0.05) is 0 Å². The number of halogens is 1. The topological polar surface area (TPSA) is 144 Å². The van der Waals surface area contributed by atoms with E-state index < -0.39 is 6.03 Å². The number of hydrazone groups is 1. The Bertz CT molecular complexity index is 267. The number of hydrogen-bond acceptors (Lipinski definition) is 4. The van der Waals surface area contributed by atoms with Crippen LogP contribution < -0.4 is 22.6 Å². The molecule has 0 aromatic heterocycles. The van der Waals surface area contributed by atoms with Crippen molar-refractivity contribution in [2.75, 3.05) is 0 Å². The van der Waals surface area contributed by atoms with Crippen LogP contribution in [0, 0.1) is 0 Å². The average molecular weight is 222 g/mol. The molecular weight excluding hydrogens is 210 g/mol. The fourth-order valence-electron chi connectivity index (χ4n) is 0.351. The van der Waals surface area contributed by atoms with Crippen LogP contribution in [0.3, 0.4) is 0 Å². The number of guanidine groups is 1. The van der Waals surface area contributed by atoms with E-state index in [-0.39, 0.29) is 18.4 Å². The first-order chi connectivity index (χ1) is 6.02. The molecule has 0 bridgehead atoms. The Balaban J connectivity index is 0. The Labute approximate surface area is 86.7 Å². The van der Waals surface area contributed by atoms with Crippen molar-refractivity contribution >= 4 is 36.3 Å². The van der Waals surface area contributed by atoms with Crippen LogP contribution in [-0.2, 0) is 0 Å². The number of urea groups is 1. The average Bonchev–Trinajstić information content (AvgIpc) is 2.00. The number of carbonyl (C=O) groups is 1. The van der Waals surface area contributed by atoms with Crippen LogP contribution in [0.25, 0.3) is 0 Å². The zero-order valence-electron chi connectivity index (χ0n) is 7.47. The minimum atomic E-state index is -0.755. The minimum absolute atomic E-state index is 0. The lowest BCUT2D eigenvalue weighted by Gasteiger charge is -1.91. The highest BCUT2D eigenvalue weighted by molar-refractivity contribution is 6.29. The highest BCUT2D eigenvalue weighted by Crippen LogP contribution is 1.72. The summed E-state index contributed by atoms with van der Waals surface area (Å²) in [6.45, 7) is 1.58. The number of amides is 2. The molecule has 0 fully saturated rings. The number of primary amides is 1. The first-order valence-electron chi connectivity index (χ1n) is 3.24. The lowest BCUT2D eigenvalue weighted by atomic mass is 10.5. The maximum atomic E-state index is 10.2. The van der Waals surface area contributed by atoms with Crippen molar-refractivity contribution in [1.82, 2.24) is 5.43 Å². The zero-order chi connectivity index (χ0) is 10.3. The Kier molecular flexibility index (Phi) is 8.18. The fourth-order valence-corrected chi connectivity index (χ4v) is 0.351. The van der Waals surface area contributed by atoms with Crippen LogP contribution in [0.15, 0.2) is 15.3 Å². The molecular formula is C5H12ClN7O. The summed E-state index contributed by atoms with van der Waals surface area (Å²) in [4.78, 5) is 10.2. The third kappa shape index (κ3) is 10.2. The summed E-state index contributed by atoms with van der Waals surface area (Å²) in [6.07, 6.45) is 1.26. The van der Waals surface area contributed by atoms with Gasteiger partial charge in [0.15, 0.2) is 0 Å². The van der Waals surface area contributed by atoms with E-state index in [1.807, 2.05) is 5.43 Å². The van der Waals surface area contributed by atoms with Crippen molar-refractivity contribution in [1.29, 1.82) is 0 Å².